The van der Waals surface area contributed by atoms with E-state index in [1.807, 2.05) is 16.7 Å². The number of fused-ring (bicyclic) bond motifs is 1. The van der Waals surface area contributed by atoms with Gasteiger partial charge in [0.25, 0.3) is 0 Å². The van der Waals surface area contributed by atoms with Crippen molar-refractivity contribution in [3.8, 4) is 0 Å². The van der Waals surface area contributed by atoms with Crippen LogP contribution in [0.4, 0.5) is 11.5 Å². The minimum Gasteiger partial charge on any atom is -0.382 e. The molecule has 1 aliphatic heterocycles. The number of halogens is 2. The molecule has 1 saturated heterocycles. The van der Waals surface area contributed by atoms with Crippen molar-refractivity contribution in [2.24, 2.45) is 11.5 Å². The van der Waals surface area contributed by atoms with E-state index in [4.69, 9.17) is 27.9 Å². The maximum Gasteiger partial charge on any atom is 0.204 e. The Kier molecular flexibility index (Phi) is 6.32. The van der Waals surface area contributed by atoms with Gasteiger partial charge in [-0.25, -0.2) is 15.0 Å². The number of hydrogen-bond acceptors (Lipinski definition) is 7. The molecule has 1 amide bonds. The van der Waals surface area contributed by atoms with Crippen molar-refractivity contribution in [3.63, 3.8) is 0 Å². The summed E-state index contributed by atoms with van der Waals surface area (Å²) in [6.07, 6.45) is 4.41. The molecule has 28 heavy (non-hydrogen) atoms. The predicted octanol–water partition coefficient (Wildman–Crippen LogP) is 1.51. The number of primary amides is 1. The number of nitrogens with zero attached hydrogens (tertiary/aromatic N) is 5. The number of benzene rings is 1. The predicted molar refractivity (Wildman–Crippen MR) is 113 cm³/mol. The molecular weight excluding hydrogens is 448 g/mol. The Labute approximate surface area is 175 Å². The van der Waals surface area contributed by atoms with E-state index in [0.29, 0.717) is 28.5 Å². The molecule has 0 saturated carbocycles. The zero-order valence-electron chi connectivity index (χ0n) is 14.9. The van der Waals surface area contributed by atoms with Crippen molar-refractivity contribution in [2.45, 2.75) is 19.0 Å². The second-order valence-electron chi connectivity index (χ2n) is 6.32. The molecule has 9 nitrogen and oxygen atoms in total. The van der Waals surface area contributed by atoms with Crippen molar-refractivity contribution in [2.75, 3.05) is 23.7 Å². The molecule has 2 aromatic heterocycles. The van der Waals surface area contributed by atoms with Gasteiger partial charge in [-0.05, 0) is 18.6 Å². The van der Waals surface area contributed by atoms with Crippen molar-refractivity contribution in [1.29, 1.82) is 0 Å². The molecule has 3 heterocycles. The number of nitrogens with two attached hydrogens (primary N) is 3. The Balaban J connectivity index is 0.000000706. The van der Waals surface area contributed by atoms with Gasteiger partial charge in [0.05, 0.1) is 12.9 Å². The molecule has 148 valence electrons. The monoisotopic (exact) mass is 466 g/mol. The van der Waals surface area contributed by atoms with E-state index < -0.39 is 0 Å². The molecule has 1 unspecified atom stereocenters. The Hall–Kier alpha value is -2.43. The maximum absolute atomic E-state index is 8.58. The summed E-state index contributed by atoms with van der Waals surface area (Å²) in [6.45, 7) is 2.33. The summed E-state index contributed by atoms with van der Waals surface area (Å²) in [4.78, 5) is 23.5. The van der Waals surface area contributed by atoms with Crippen LogP contribution in [-0.2, 0) is 11.3 Å². The summed E-state index contributed by atoms with van der Waals surface area (Å²) in [5.41, 5.74) is 19.6. The van der Waals surface area contributed by atoms with Crippen LogP contribution >= 0.6 is 27.5 Å². The first-order valence-electron chi connectivity index (χ1n) is 8.49. The highest BCUT2D eigenvalue weighted by Crippen LogP contribution is 2.34. The fraction of sp³-hybridized carbons (Fsp3) is 0.294. The van der Waals surface area contributed by atoms with E-state index >= 15 is 0 Å². The normalized spacial score (nSPS) is 16.1. The van der Waals surface area contributed by atoms with Gasteiger partial charge in [0.2, 0.25) is 6.41 Å². The smallest absolute Gasteiger partial charge is 0.204 e. The number of amides is 1. The molecule has 1 aromatic carbocycles. The van der Waals surface area contributed by atoms with Crippen LogP contribution in [0.2, 0.25) is 5.02 Å². The Morgan fingerprint density at radius 2 is 2.07 bits per heavy atom. The lowest BCUT2D eigenvalue weighted by Gasteiger charge is -2.23. The number of anilines is 2. The van der Waals surface area contributed by atoms with Gasteiger partial charge in [0.1, 0.15) is 11.8 Å². The van der Waals surface area contributed by atoms with Crippen molar-refractivity contribution >= 4 is 56.6 Å². The Morgan fingerprint density at radius 3 is 2.75 bits per heavy atom. The summed E-state index contributed by atoms with van der Waals surface area (Å²) in [6, 6.07) is 4.08. The van der Waals surface area contributed by atoms with Crippen LogP contribution in [0, 0.1) is 0 Å². The quantitative estimate of drug-likeness (QED) is 0.496. The van der Waals surface area contributed by atoms with Gasteiger partial charge in [-0.15, -0.1) is 0 Å². The molecule has 11 heteroatoms. The standard InChI is InChI=1S/C16H17BrClN7.CH3NO/c17-12-3-9(18)4-13(24-2-1-10(19)5-24)11(12)6-25-8-23-14-15(20)21-7-22-16(14)25;2-1-3/h3-4,7-8,10H,1-2,5-6,19H2,(H2,20,21,22);1H,(H2,2,3). The molecule has 6 N–H and O–H groups in total. The topological polar surface area (TPSA) is 142 Å². The van der Waals surface area contributed by atoms with E-state index in [9.17, 15) is 0 Å². The molecule has 1 fully saturated rings. The van der Waals surface area contributed by atoms with Crippen LogP contribution in [0.1, 0.15) is 12.0 Å². The van der Waals surface area contributed by atoms with Crippen LogP contribution in [0.3, 0.4) is 0 Å². The number of rotatable bonds is 3. The SMILES string of the molecule is NC=O.Nc1ncnc2c1ncn2Cc1c(Br)cc(Cl)cc1N1CCC(N)C1. The average molecular weight is 468 g/mol. The summed E-state index contributed by atoms with van der Waals surface area (Å²) in [5, 5.41) is 0.688. The molecule has 0 aliphatic carbocycles. The van der Waals surface area contributed by atoms with Crippen LogP contribution in [0.25, 0.3) is 11.2 Å². The second kappa shape index (κ2) is 8.72. The molecule has 0 spiro atoms. The van der Waals surface area contributed by atoms with Crippen LogP contribution in [0.15, 0.2) is 29.3 Å². The molecule has 0 radical (unpaired) electrons. The van der Waals surface area contributed by atoms with Gasteiger partial charge in [-0.2, -0.15) is 0 Å². The highest BCUT2D eigenvalue weighted by Gasteiger charge is 2.23. The summed E-state index contributed by atoms with van der Waals surface area (Å²) in [5.74, 6) is 0.379. The van der Waals surface area contributed by atoms with Crippen molar-refractivity contribution < 1.29 is 4.79 Å². The lowest BCUT2D eigenvalue weighted by Crippen LogP contribution is -2.27. The van der Waals surface area contributed by atoms with Gasteiger partial charge in [-0.3, -0.25) is 4.79 Å². The zero-order valence-corrected chi connectivity index (χ0v) is 17.3. The largest absolute Gasteiger partial charge is 0.382 e. The number of carbonyl (C=O) groups excluding carboxylic acids is 1. The van der Waals surface area contributed by atoms with Crippen molar-refractivity contribution in [1.82, 2.24) is 19.5 Å². The van der Waals surface area contributed by atoms with E-state index in [2.05, 4.69) is 41.5 Å². The third-order valence-electron chi connectivity index (χ3n) is 4.46. The highest BCUT2D eigenvalue weighted by atomic mass is 79.9. The highest BCUT2D eigenvalue weighted by molar-refractivity contribution is 9.10. The summed E-state index contributed by atoms with van der Waals surface area (Å²) < 4.78 is 2.90. The second-order valence-corrected chi connectivity index (χ2v) is 7.61. The first-order chi connectivity index (χ1) is 13.4. The molecular formula is C17H20BrClN8O. The van der Waals surface area contributed by atoms with E-state index in [1.54, 1.807) is 6.33 Å². The molecule has 1 aliphatic rings. The fourth-order valence-corrected chi connectivity index (χ4v) is 4.14. The number of carbonyl (C=O) groups is 1. The molecule has 4 rings (SSSR count). The first-order valence-corrected chi connectivity index (χ1v) is 9.66. The Bertz CT molecular complexity index is 995. The Morgan fingerprint density at radius 1 is 1.32 bits per heavy atom. The van der Waals surface area contributed by atoms with E-state index in [1.165, 1.54) is 6.33 Å². The van der Waals surface area contributed by atoms with Crippen LogP contribution in [-0.4, -0.2) is 45.1 Å². The summed E-state index contributed by atoms with van der Waals surface area (Å²) in [7, 11) is 0. The number of aromatic nitrogens is 4. The van der Waals surface area contributed by atoms with Gasteiger partial charge in [0.15, 0.2) is 11.5 Å². The third-order valence-corrected chi connectivity index (χ3v) is 5.39. The van der Waals surface area contributed by atoms with E-state index in [0.717, 1.165) is 35.2 Å². The zero-order chi connectivity index (χ0) is 20.3. The van der Waals surface area contributed by atoms with Crippen LogP contribution < -0.4 is 22.1 Å². The lowest BCUT2D eigenvalue weighted by atomic mass is 10.1. The molecule has 1 atom stereocenters. The maximum atomic E-state index is 8.58. The van der Waals surface area contributed by atoms with Crippen molar-refractivity contribution in [3.05, 3.63) is 39.8 Å². The third kappa shape index (κ3) is 4.18. The van der Waals surface area contributed by atoms with Gasteiger partial charge < -0.3 is 26.7 Å². The van der Waals surface area contributed by atoms with Crippen LogP contribution in [0.5, 0.6) is 0 Å². The number of imidazole rings is 1. The number of nitrogen functional groups attached to an aromatic ring is 1. The van der Waals surface area contributed by atoms with Gasteiger partial charge >= 0.3 is 0 Å². The fourth-order valence-electron chi connectivity index (χ4n) is 3.22. The van der Waals surface area contributed by atoms with Gasteiger partial charge in [-0.1, -0.05) is 27.5 Å². The number of hydrogen-bond donors (Lipinski definition) is 3. The summed E-state index contributed by atoms with van der Waals surface area (Å²) >= 11 is 9.94. The van der Waals surface area contributed by atoms with E-state index in [-0.39, 0.29) is 12.5 Å². The molecule has 3 aromatic rings. The van der Waals surface area contributed by atoms with Gasteiger partial charge in [0, 0.05) is 39.9 Å². The average Bonchev–Trinajstić information content (AvgIpc) is 3.25. The minimum atomic E-state index is 0.187. The first kappa shape index (κ1) is 20.3. The molecule has 0 bridgehead atoms. The minimum absolute atomic E-state index is 0.187. The lowest BCUT2D eigenvalue weighted by molar-refractivity contribution is -0.106.